The first-order valence-corrected chi connectivity index (χ1v) is 16.8. The first-order chi connectivity index (χ1) is 21.2. The number of nitrogens with one attached hydrogen (secondary N) is 1. The number of carbonyl (C=O) groups is 2. The molecule has 0 aliphatic heterocycles. The molecule has 1 aliphatic rings. The Balaban J connectivity index is 1.43. The largest absolute Gasteiger partial charge is 0.487 e. The summed E-state index contributed by atoms with van der Waals surface area (Å²) < 4.78 is 17.1. The zero-order valence-electron chi connectivity index (χ0n) is 27.1. The van der Waals surface area contributed by atoms with Gasteiger partial charge in [0.05, 0.1) is 16.0 Å². The van der Waals surface area contributed by atoms with Gasteiger partial charge in [-0.25, -0.2) is 9.78 Å². The summed E-state index contributed by atoms with van der Waals surface area (Å²) >= 11 is 14.1. The highest BCUT2D eigenvalue weighted by Crippen LogP contribution is 2.37. The molecule has 1 N–H and O–H groups in total. The van der Waals surface area contributed by atoms with E-state index in [9.17, 15) is 9.59 Å². The van der Waals surface area contributed by atoms with E-state index in [1.807, 2.05) is 51.7 Å². The molecule has 244 valence electrons. The Morgan fingerprint density at radius 3 is 2.47 bits per heavy atom. The van der Waals surface area contributed by atoms with Crippen LogP contribution in [0.2, 0.25) is 10.0 Å². The monoisotopic (exact) mass is 675 g/mol. The predicted molar refractivity (Wildman–Crippen MR) is 180 cm³/mol. The number of hydrogen-bond donors (Lipinski definition) is 1. The molecule has 1 unspecified atom stereocenters. The Kier molecular flexibility index (Phi) is 11.7. The summed E-state index contributed by atoms with van der Waals surface area (Å²) in [5, 5.41) is 4.23. The van der Waals surface area contributed by atoms with E-state index in [4.69, 9.17) is 37.4 Å². The van der Waals surface area contributed by atoms with Gasteiger partial charge in [-0.05, 0) is 102 Å². The van der Waals surface area contributed by atoms with Gasteiger partial charge < -0.3 is 24.4 Å². The number of nitrogens with zero attached hydrogens (tertiary/aromatic N) is 2. The summed E-state index contributed by atoms with van der Waals surface area (Å²) in [6.07, 6.45) is 3.52. The molecule has 45 heavy (non-hydrogen) atoms. The highest BCUT2D eigenvalue weighted by atomic mass is 35.5. The van der Waals surface area contributed by atoms with Crippen LogP contribution in [0.15, 0.2) is 30.5 Å². The van der Waals surface area contributed by atoms with E-state index in [1.165, 1.54) is 22.5 Å². The zero-order valence-corrected chi connectivity index (χ0v) is 29.4. The van der Waals surface area contributed by atoms with Gasteiger partial charge in [0, 0.05) is 30.2 Å². The van der Waals surface area contributed by atoms with Crippen LogP contribution in [0.1, 0.15) is 66.3 Å². The zero-order chi connectivity index (χ0) is 32.9. The normalized spacial score (nSPS) is 13.7. The minimum absolute atomic E-state index is 0.000817. The van der Waals surface area contributed by atoms with Crippen LogP contribution in [0.4, 0.5) is 4.79 Å². The molecule has 1 fully saturated rings. The highest BCUT2D eigenvalue weighted by molar-refractivity contribution is 7.13. The van der Waals surface area contributed by atoms with Crippen molar-refractivity contribution < 1.29 is 23.8 Å². The smallest absolute Gasteiger partial charge is 0.407 e. The number of thiazole rings is 1. The number of alkyl carbamates (subject to hydrolysis) is 1. The maximum absolute atomic E-state index is 14.1. The van der Waals surface area contributed by atoms with Crippen molar-refractivity contribution in [2.24, 2.45) is 5.92 Å². The molecule has 0 spiro atoms. The van der Waals surface area contributed by atoms with Crippen molar-refractivity contribution in [1.82, 2.24) is 15.2 Å². The average Bonchev–Trinajstić information content (AvgIpc) is 3.71. The number of halogens is 2. The Hall–Kier alpha value is -3.01. The van der Waals surface area contributed by atoms with Crippen molar-refractivity contribution in [2.75, 3.05) is 19.8 Å². The number of ether oxygens (including phenoxy) is 3. The Bertz CT molecular complexity index is 1520. The number of carbonyl (C=O) groups excluding carboxylic acids is 2. The minimum atomic E-state index is -0.644. The van der Waals surface area contributed by atoms with E-state index >= 15 is 0 Å². The Labute approximate surface area is 280 Å². The number of aryl methyl sites for hydroxylation is 2. The maximum Gasteiger partial charge on any atom is 0.407 e. The summed E-state index contributed by atoms with van der Waals surface area (Å²) in [7, 11) is 0. The summed E-state index contributed by atoms with van der Waals surface area (Å²) in [4.78, 5) is 33.9. The second-order valence-electron chi connectivity index (χ2n) is 12.6. The molecule has 1 atom stereocenters. The fraction of sp³-hybridized carbons (Fsp3) is 0.500. The van der Waals surface area contributed by atoms with Crippen LogP contribution < -0.4 is 14.8 Å². The highest BCUT2D eigenvalue weighted by Gasteiger charge is 2.36. The van der Waals surface area contributed by atoms with E-state index in [2.05, 4.69) is 36.3 Å². The van der Waals surface area contributed by atoms with Gasteiger partial charge >= 0.3 is 6.09 Å². The molecule has 1 saturated carbocycles. The second-order valence-corrected chi connectivity index (χ2v) is 14.4. The van der Waals surface area contributed by atoms with Crippen LogP contribution in [-0.4, -0.2) is 53.3 Å². The van der Waals surface area contributed by atoms with Crippen LogP contribution in [0.5, 0.6) is 10.9 Å². The van der Waals surface area contributed by atoms with Crippen molar-refractivity contribution in [3.63, 3.8) is 0 Å². The molecule has 1 heterocycles. The molecule has 1 aliphatic carbocycles. The summed E-state index contributed by atoms with van der Waals surface area (Å²) in [6.45, 7) is 14.6. The number of rotatable bonds is 13. The maximum atomic E-state index is 14.1. The fourth-order valence-electron chi connectivity index (χ4n) is 4.85. The third-order valence-electron chi connectivity index (χ3n) is 7.78. The number of amides is 2. The fourth-order valence-corrected chi connectivity index (χ4v) is 6.38. The number of aromatic nitrogens is 1. The van der Waals surface area contributed by atoms with E-state index < -0.39 is 17.6 Å². The van der Waals surface area contributed by atoms with Crippen LogP contribution in [0.25, 0.3) is 0 Å². The predicted octanol–water partition coefficient (Wildman–Crippen LogP) is 8.02. The van der Waals surface area contributed by atoms with Gasteiger partial charge in [-0.1, -0.05) is 52.7 Å². The van der Waals surface area contributed by atoms with Gasteiger partial charge in [-0.3, -0.25) is 4.79 Å². The lowest BCUT2D eigenvalue weighted by atomic mass is 10.00. The molecule has 0 radical (unpaired) electrons. The van der Waals surface area contributed by atoms with E-state index in [0.29, 0.717) is 34.0 Å². The molecule has 8 nitrogen and oxygen atoms in total. The van der Waals surface area contributed by atoms with Gasteiger partial charge in [0.2, 0.25) is 5.91 Å². The lowest BCUT2D eigenvalue weighted by Gasteiger charge is -2.29. The quantitative estimate of drug-likeness (QED) is 0.185. The number of benzene rings is 2. The standard InChI is InChI=1S/C34H43Cl2N3O5S/c1-20-9-8-10-24(22(20)3)19-39(26-11-12-26)31(40)25(17-37-32(41)44-34(5,6)7)16-27-18-38-33(45-27)43-14-13-42-30-28(35)15-21(2)23(4)29(30)36/h8-10,15,18,25-26H,11-14,16-17,19H2,1-7H3,(H,37,41). The topological polar surface area (TPSA) is 90.0 Å². The summed E-state index contributed by atoms with van der Waals surface area (Å²) in [6, 6.07) is 8.22. The molecule has 3 aromatic rings. The second kappa shape index (κ2) is 15.1. The molecule has 11 heteroatoms. The van der Waals surface area contributed by atoms with Gasteiger partial charge in [0.25, 0.3) is 5.19 Å². The van der Waals surface area contributed by atoms with Crippen molar-refractivity contribution in [3.8, 4) is 10.9 Å². The lowest BCUT2D eigenvalue weighted by molar-refractivity contribution is -0.136. The van der Waals surface area contributed by atoms with Crippen LogP contribution in [0, 0.1) is 33.6 Å². The van der Waals surface area contributed by atoms with E-state index in [1.54, 1.807) is 6.20 Å². The third-order valence-corrected chi connectivity index (χ3v) is 9.45. The van der Waals surface area contributed by atoms with Crippen molar-refractivity contribution in [3.05, 3.63) is 73.2 Å². The third kappa shape index (κ3) is 9.74. The van der Waals surface area contributed by atoms with Crippen molar-refractivity contribution >= 4 is 46.5 Å². The Morgan fingerprint density at radius 1 is 1.07 bits per heavy atom. The van der Waals surface area contributed by atoms with Gasteiger partial charge in [0.15, 0.2) is 5.75 Å². The van der Waals surface area contributed by atoms with Crippen LogP contribution in [0.3, 0.4) is 0 Å². The molecular weight excluding hydrogens is 633 g/mol. The van der Waals surface area contributed by atoms with Gasteiger partial charge in [-0.15, -0.1) is 0 Å². The molecule has 2 aromatic carbocycles. The van der Waals surface area contributed by atoms with E-state index in [0.717, 1.165) is 34.4 Å². The first-order valence-electron chi connectivity index (χ1n) is 15.2. The van der Waals surface area contributed by atoms with Crippen LogP contribution in [-0.2, 0) is 22.5 Å². The van der Waals surface area contributed by atoms with Gasteiger partial charge in [-0.2, -0.15) is 0 Å². The molecular formula is C34H43Cl2N3O5S. The molecule has 1 aromatic heterocycles. The molecule has 4 rings (SSSR count). The average molecular weight is 677 g/mol. The van der Waals surface area contributed by atoms with Crippen molar-refractivity contribution in [2.45, 2.75) is 85.9 Å². The summed E-state index contributed by atoms with van der Waals surface area (Å²) in [5.74, 6) is -0.0698. The summed E-state index contributed by atoms with van der Waals surface area (Å²) in [5.41, 5.74) is 4.78. The Morgan fingerprint density at radius 2 is 1.78 bits per heavy atom. The molecule has 0 saturated heterocycles. The molecule has 0 bridgehead atoms. The molecule has 2 amide bonds. The van der Waals surface area contributed by atoms with Crippen molar-refractivity contribution in [1.29, 1.82) is 0 Å². The minimum Gasteiger partial charge on any atom is -0.487 e. The lowest BCUT2D eigenvalue weighted by Crippen LogP contribution is -2.44. The number of hydrogen-bond acceptors (Lipinski definition) is 7. The first kappa shape index (κ1) is 34.9. The van der Waals surface area contributed by atoms with E-state index in [-0.39, 0.29) is 31.7 Å². The van der Waals surface area contributed by atoms with Crippen LogP contribution >= 0.6 is 34.5 Å². The van der Waals surface area contributed by atoms with Gasteiger partial charge in [0.1, 0.15) is 18.8 Å². The SMILES string of the molecule is Cc1cccc(CN(C(=O)C(CNC(=O)OC(C)(C)C)Cc2cnc(OCCOc3c(Cl)cc(C)c(C)c3Cl)s2)C2CC2)c1C.